The Kier molecular flexibility index (Phi) is 6.65. The van der Waals surface area contributed by atoms with Gasteiger partial charge in [-0.1, -0.05) is 23.2 Å². The molecule has 2 rings (SSSR count). The minimum atomic E-state index is -3.68. The van der Waals surface area contributed by atoms with Gasteiger partial charge in [0.1, 0.15) is 14.8 Å². The summed E-state index contributed by atoms with van der Waals surface area (Å²) in [6, 6.07) is 1.35. The third-order valence-corrected chi connectivity index (χ3v) is 6.92. The number of nitrogens with one attached hydrogen (secondary N) is 1. The standard InChI is InChI=1S/C15H22Cl2N2O4S2/c1-15(2,3)23-14(20)19-6-4-10(5-7-19)9-18-25(21,22)11-8-12(16)24-13(11)17/h8,10,18H,4-7,9H2,1-3H3. The summed E-state index contributed by atoms with van der Waals surface area (Å²) in [4.78, 5) is 13.7. The van der Waals surface area contributed by atoms with Crippen molar-refractivity contribution in [1.82, 2.24) is 9.62 Å². The number of nitrogens with zero attached hydrogens (tertiary/aromatic N) is 1. The summed E-state index contributed by atoms with van der Waals surface area (Å²) < 4.78 is 33.0. The maximum absolute atomic E-state index is 12.3. The Labute approximate surface area is 162 Å². The maximum atomic E-state index is 12.3. The molecule has 0 radical (unpaired) electrons. The number of likely N-dealkylation sites (tertiary alicyclic amines) is 1. The van der Waals surface area contributed by atoms with Crippen LogP contribution in [0.2, 0.25) is 8.67 Å². The first-order valence-corrected chi connectivity index (χ1v) is 11.0. The van der Waals surface area contributed by atoms with E-state index in [-0.39, 0.29) is 21.2 Å². The van der Waals surface area contributed by atoms with E-state index in [1.54, 1.807) is 4.90 Å². The zero-order valence-electron chi connectivity index (χ0n) is 14.3. The average Bonchev–Trinajstić information content (AvgIpc) is 2.83. The lowest BCUT2D eigenvalue weighted by molar-refractivity contribution is 0.0185. The molecule has 1 aromatic heterocycles. The minimum Gasteiger partial charge on any atom is -0.444 e. The van der Waals surface area contributed by atoms with Gasteiger partial charge in [0.15, 0.2) is 0 Å². The van der Waals surface area contributed by atoms with E-state index in [2.05, 4.69) is 4.72 Å². The second-order valence-corrected chi connectivity index (χ2v) is 11.0. The van der Waals surface area contributed by atoms with E-state index in [1.165, 1.54) is 6.07 Å². The smallest absolute Gasteiger partial charge is 0.410 e. The lowest BCUT2D eigenvalue weighted by Crippen LogP contribution is -2.43. The molecule has 0 unspecified atom stereocenters. The van der Waals surface area contributed by atoms with Crippen molar-refractivity contribution < 1.29 is 17.9 Å². The first-order chi connectivity index (χ1) is 11.5. The van der Waals surface area contributed by atoms with Gasteiger partial charge in [-0.15, -0.1) is 11.3 Å². The molecule has 0 saturated carbocycles. The molecule has 142 valence electrons. The van der Waals surface area contributed by atoms with E-state index in [1.807, 2.05) is 20.8 Å². The van der Waals surface area contributed by atoms with E-state index < -0.39 is 15.6 Å². The predicted molar refractivity (Wildman–Crippen MR) is 100 cm³/mol. The van der Waals surface area contributed by atoms with Gasteiger partial charge >= 0.3 is 6.09 Å². The van der Waals surface area contributed by atoms with Gasteiger partial charge in [0.05, 0.1) is 4.34 Å². The third kappa shape index (κ3) is 5.99. The number of halogens is 2. The van der Waals surface area contributed by atoms with E-state index in [0.717, 1.165) is 11.3 Å². The van der Waals surface area contributed by atoms with Gasteiger partial charge in [-0.2, -0.15) is 0 Å². The van der Waals surface area contributed by atoms with Gasteiger partial charge in [0, 0.05) is 19.6 Å². The molecule has 1 N–H and O–H groups in total. The number of carbonyl (C=O) groups is 1. The molecule has 1 amide bonds. The summed E-state index contributed by atoms with van der Waals surface area (Å²) in [5.41, 5.74) is -0.523. The molecule has 0 aliphatic carbocycles. The largest absolute Gasteiger partial charge is 0.444 e. The molecule has 25 heavy (non-hydrogen) atoms. The number of hydrogen-bond acceptors (Lipinski definition) is 5. The lowest BCUT2D eigenvalue weighted by atomic mass is 9.97. The molecule has 0 bridgehead atoms. The van der Waals surface area contributed by atoms with E-state index in [9.17, 15) is 13.2 Å². The Hall–Kier alpha value is -0.540. The molecule has 6 nitrogen and oxygen atoms in total. The number of amides is 1. The summed E-state index contributed by atoms with van der Waals surface area (Å²) >= 11 is 12.7. The molecule has 1 aliphatic rings. The van der Waals surface area contributed by atoms with Gasteiger partial charge in [-0.05, 0) is 45.6 Å². The van der Waals surface area contributed by atoms with Crippen LogP contribution in [-0.4, -0.2) is 44.6 Å². The van der Waals surface area contributed by atoms with E-state index in [0.29, 0.717) is 36.8 Å². The molecular weight excluding hydrogens is 407 g/mol. The van der Waals surface area contributed by atoms with Gasteiger partial charge < -0.3 is 9.64 Å². The summed E-state index contributed by atoms with van der Waals surface area (Å²) in [6.45, 7) is 6.88. The van der Waals surface area contributed by atoms with Crippen LogP contribution in [-0.2, 0) is 14.8 Å². The summed E-state index contributed by atoms with van der Waals surface area (Å²) in [5, 5.41) is 0. The monoisotopic (exact) mass is 428 g/mol. The Morgan fingerprint density at radius 3 is 2.44 bits per heavy atom. The predicted octanol–water partition coefficient (Wildman–Crippen LogP) is 3.98. The molecule has 1 aromatic rings. The molecule has 2 heterocycles. The molecule has 1 fully saturated rings. The SMILES string of the molecule is CC(C)(C)OC(=O)N1CCC(CNS(=O)(=O)c2cc(Cl)sc2Cl)CC1. The third-order valence-electron chi connectivity index (χ3n) is 3.74. The van der Waals surface area contributed by atoms with Crippen LogP contribution >= 0.6 is 34.5 Å². The maximum Gasteiger partial charge on any atom is 0.410 e. The minimum absolute atomic E-state index is 0.00959. The fourth-order valence-electron chi connectivity index (χ4n) is 2.46. The van der Waals surface area contributed by atoms with Crippen LogP contribution in [0.25, 0.3) is 0 Å². The van der Waals surface area contributed by atoms with Crippen molar-refractivity contribution in [3.8, 4) is 0 Å². The van der Waals surface area contributed by atoms with Crippen LogP contribution in [0, 0.1) is 5.92 Å². The van der Waals surface area contributed by atoms with Crippen molar-refractivity contribution in [2.75, 3.05) is 19.6 Å². The van der Waals surface area contributed by atoms with Crippen LogP contribution in [0.15, 0.2) is 11.0 Å². The number of thiophene rings is 1. The van der Waals surface area contributed by atoms with Crippen molar-refractivity contribution in [1.29, 1.82) is 0 Å². The summed E-state index contributed by atoms with van der Waals surface area (Å²) in [6.07, 6.45) is 1.09. The molecule has 1 saturated heterocycles. The lowest BCUT2D eigenvalue weighted by Gasteiger charge is -2.33. The van der Waals surface area contributed by atoms with Gasteiger partial charge in [0.25, 0.3) is 0 Å². The van der Waals surface area contributed by atoms with Crippen molar-refractivity contribution in [2.45, 2.75) is 44.1 Å². The highest BCUT2D eigenvalue weighted by atomic mass is 35.5. The van der Waals surface area contributed by atoms with Crippen molar-refractivity contribution in [3.63, 3.8) is 0 Å². The fraction of sp³-hybridized carbons (Fsp3) is 0.667. The molecular formula is C15H22Cl2N2O4S2. The molecule has 0 aromatic carbocycles. The highest BCUT2D eigenvalue weighted by molar-refractivity contribution is 7.89. The first kappa shape index (κ1) is 20.8. The van der Waals surface area contributed by atoms with Gasteiger partial charge in [-0.3, -0.25) is 0 Å². The Balaban J connectivity index is 1.84. The summed E-state index contributed by atoms with van der Waals surface area (Å²) in [5.74, 6) is 0.154. The zero-order chi connectivity index (χ0) is 18.8. The van der Waals surface area contributed by atoms with Crippen molar-refractivity contribution in [2.24, 2.45) is 5.92 Å². The Morgan fingerprint density at radius 2 is 1.96 bits per heavy atom. The number of sulfonamides is 1. The van der Waals surface area contributed by atoms with Gasteiger partial charge in [-0.25, -0.2) is 17.9 Å². The molecule has 0 spiro atoms. The Bertz CT molecular complexity index is 720. The van der Waals surface area contributed by atoms with E-state index in [4.69, 9.17) is 27.9 Å². The summed E-state index contributed by atoms with van der Waals surface area (Å²) in [7, 11) is -3.68. The van der Waals surface area contributed by atoms with Crippen LogP contribution in [0.4, 0.5) is 4.79 Å². The second-order valence-electron chi connectivity index (χ2n) is 6.95. The highest BCUT2D eigenvalue weighted by Gasteiger charge is 2.28. The second kappa shape index (κ2) is 8.00. The van der Waals surface area contributed by atoms with Gasteiger partial charge in [0.2, 0.25) is 10.0 Å². The average molecular weight is 429 g/mol. The number of piperidine rings is 1. The van der Waals surface area contributed by atoms with Crippen molar-refractivity contribution >= 4 is 50.7 Å². The number of ether oxygens (including phenoxy) is 1. The molecule has 0 atom stereocenters. The molecule has 10 heteroatoms. The normalized spacial score (nSPS) is 16.9. The number of carbonyl (C=O) groups excluding carboxylic acids is 1. The quantitative estimate of drug-likeness (QED) is 0.786. The Morgan fingerprint density at radius 1 is 1.36 bits per heavy atom. The zero-order valence-corrected chi connectivity index (χ0v) is 17.5. The van der Waals surface area contributed by atoms with Crippen molar-refractivity contribution in [3.05, 3.63) is 14.7 Å². The highest BCUT2D eigenvalue weighted by Crippen LogP contribution is 2.34. The molecule has 1 aliphatic heterocycles. The first-order valence-electron chi connectivity index (χ1n) is 7.90. The fourth-order valence-corrected chi connectivity index (χ4v) is 5.72. The van der Waals surface area contributed by atoms with E-state index >= 15 is 0 Å². The number of hydrogen-bond donors (Lipinski definition) is 1. The topological polar surface area (TPSA) is 75.7 Å². The van der Waals surface area contributed by atoms with Crippen LogP contribution < -0.4 is 4.72 Å². The van der Waals surface area contributed by atoms with Crippen LogP contribution in [0.3, 0.4) is 0 Å². The van der Waals surface area contributed by atoms with Crippen LogP contribution in [0.1, 0.15) is 33.6 Å². The number of rotatable bonds is 4. The van der Waals surface area contributed by atoms with Crippen LogP contribution in [0.5, 0.6) is 0 Å².